The third kappa shape index (κ3) is 7.60. The lowest BCUT2D eigenvalue weighted by Crippen LogP contribution is -2.26. The molecule has 0 atom stereocenters. The molecule has 0 saturated heterocycles. The molecule has 0 saturated carbocycles. The topological polar surface area (TPSA) is 75.6 Å². The number of thioether (sulfide) groups is 1. The van der Waals surface area contributed by atoms with Gasteiger partial charge in [0.25, 0.3) is 5.91 Å². The second-order valence-electron chi connectivity index (χ2n) is 4.93. The van der Waals surface area contributed by atoms with Crippen LogP contribution < -0.4 is 10.1 Å². The molecule has 5 nitrogen and oxygen atoms in total. The van der Waals surface area contributed by atoms with Gasteiger partial charge >= 0.3 is 5.97 Å². The van der Waals surface area contributed by atoms with Crippen molar-refractivity contribution in [3.05, 3.63) is 29.8 Å². The molecule has 0 spiro atoms. The number of hydrogen-bond acceptors (Lipinski definition) is 4. The second kappa shape index (κ2) is 9.28. The van der Waals surface area contributed by atoms with Gasteiger partial charge in [-0.05, 0) is 24.1 Å². The molecule has 0 aliphatic rings. The van der Waals surface area contributed by atoms with Crippen LogP contribution in [0.25, 0.3) is 0 Å². The standard InChI is InChI=1S/C15H21NO4S/c1-11(2)9-20-13-5-3-4-12(8-13)15(19)16-6-7-21-10-14(17)18/h3-5,8,11H,6-7,9-10H2,1-2H3,(H,16,19)(H,17,18). The lowest BCUT2D eigenvalue weighted by Gasteiger charge is -2.10. The minimum absolute atomic E-state index is 0.0500. The zero-order valence-electron chi connectivity index (χ0n) is 12.3. The Kier molecular flexibility index (Phi) is 7.68. The molecule has 0 fully saturated rings. The molecular formula is C15H21NO4S. The van der Waals surface area contributed by atoms with E-state index in [0.29, 0.717) is 36.1 Å². The Morgan fingerprint density at radius 2 is 2.14 bits per heavy atom. The molecule has 21 heavy (non-hydrogen) atoms. The minimum Gasteiger partial charge on any atom is -0.493 e. The summed E-state index contributed by atoms with van der Waals surface area (Å²) in [5.74, 6) is 0.697. The van der Waals surface area contributed by atoms with Crippen molar-refractivity contribution < 1.29 is 19.4 Å². The van der Waals surface area contributed by atoms with Crippen LogP contribution in [0.1, 0.15) is 24.2 Å². The number of rotatable bonds is 9. The SMILES string of the molecule is CC(C)COc1cccc(C(=O)NCCSCC(=O)O)c1. The van der Waals surface area contributed by atoms with Gasteiger partial charge in [0.05, 0.1) is 12.4 Å². The molecule has 0 aliphatic carbocycles. The van der Waals surface area contributed by atoms with Crippen LogP contribution in [0.4, 0.5) is 0 Å². The molecule has 1 amide bonds. The quantitative estimate of drug-likeness (QED) is 0.684. The molecule has 0 heterocycles. The Balaban J connectivity index is 2.39. The molecule has 1 rings (SSSR count). The van der Waals surface area contributed by atoms with Crippen LogP contribution in [0.3, 0.4) is 0 Å². The van der Waals surface area contributed by atoms with Gasteiger partial charge < -0.3 is 15.2 Å². The summed E-state index contributed by atoms with van der Waals surface area (Å²) in [6, 6.07) is 7.04. The number of carboxylic acid groups (broad SMARTS) is 1. The maximum absolute atomic E-state index is 11.9. The van der Waals surface area contributed by atoms with E-state index >= 15 is 0 Å². The van der Waals surface area contributed by atoms with Crippen molar-refractivity contribution in [1.29, 1.82) is 0 Å². The molecule has 0 unspecified atom stereocenters. The number of nitrogens with one attached hydrogen (secondary N) is 1. The molecule has 2 N–H and O–H groups in total. The molecule has 6 heteroatoms. The second-order valence-corrected chi connectivity index (χ2v) is 6.04. The number of carboxylic acids is 1. The summed E-state index contributed by atoms with van der Waals surface area (Å²) in [7, 11) is 0. The van der Waals surface area contributed by atoms with Crippen LogP contribution in [-0.4, -0.2) is 41.6 Å². The van der Waals surface area contributed by atoms with Gasteiger partial charge in [-0.25, -0.2) is 0 Å². The van der Waals surface area contributed by atoms with Crippen molar-refractivity contribution in [2.75, 3.05) is 24.7 Å². The number of aliphatic carboxylic acids is 1. The van der Waals surface area contributed by atoms with Crippen LogP contribution in [0.5, 0.6) is 5.75 Å². The lowest BCUT2D eigenvalue weighted by molar-refractivity contribution is -0.133. The van der Waals surface area contributed by atoms with E-state index in [-0.39, 0.29) is 11.7 Å². The molecular weight excluding hydrogens is 290 g/mol. The Hall–Kier alpha value is -1.69. The summed E-state index contributed by atoms with van der Waals surface area (Å²) in [6.07, 6.45) is 0. The van der Waals surface area contributed by atoms with Crippen LogP contribution in [0.2, 0.25) is 0 Å². The van der Waals surface area contributed by atoms with E-state index in [1.54, 1.807) is 18.2 Å². The first-order valence-corrected chi connectivity index (χ1v) is 7.95. The van der Waals surface area contributed by atoms with E-state index in [9.17, 15) is 9.59 Å². The van der Waals surface area contributed by atoms with Gasteiger partial charge in [-0.1, -0.05) is 19.9 Å². The van der Waals surface area contributed by atoms with Crippen molar-refractivity contribution in [3.63, 3.8) is 0 Å². The fraction of sp³-hybridized carbons (Fsp3) is 0.467. The van der Waals surface area contributed by atoms with Gasteiger partial charge in [0.2, 0.25) is 0 Å². The highest BCUT2D eigenvalue weighted by Gasteiger charge is 2.07. The first-order chi connectivity index (χ1) is 9.99. The fourth-order valence-corrected chi connectivity index (χ4v) is 2.05. The Labute approximate surface area is 129 Å². The maximum Gasteiger partial charge on any atom is 0.313 e. The summed E-state index contributed by atoms with van der Waals surface area (Å²) in [4.78, 5) is 22.3. The normalized spacial score (nSPS) is 10.4. The van der Waals surface area contributed by atoms with Gasteiger partial charge in [0.15, 0.2) is 0 Å². The number of hydrogen-bond donors (Lipinski definition) is 2. The lowest BCUT2D eigenvalue weighted by atomic mass is 10.2. The third-order valence-corrected chi connectivity index (χ3v) is 3.38. The van der Waals surface area contributed by atoms with Gasteiger partial charge in [-0.2, -0.15) is 0 Å². The summed E-state index contributed by atoms with van der Waals surface area (Å²) >= 11 is 1.27. The Morgan fingerprint density at radius 1 is 1.38 bits per heavy atom. The van der Waals surface area contributed by atoms with E-state index in [0.717, 1.165) is 0 Å². The van der Waals surface area contributed by atoms with Gasteiger partial charge in [0.1, 0.15) is 5.75 Å². The predicted octanol–water partition coefficient (Wildman–Crippen LogP) is 2.27. The van der Waals surface area contributed by atoms with Crippen molar-refractivity contribution >= 4 is 23.6 Å². The van der Waals surface area contributed by atoms with Crippen LogP contribution in [-0.2, 0) is 4.79 Å². The summed E-state index contributed by atoms with van der Waals surface area (Å²) < 4.78 is 5.58. The molecule has 116 valence electrons. The number of ether oxygens (including phenoxy) is 1. The summed E-state index contributed by atoms with van der Waals surface area (Å²) in [6.45, 7) is 5.17. The molecule has 1 aromatic rings. The van der Waals surface area contributed by atoms with Crippen molar-refractivity contribution in [3.8, 4) is 5.75 Å². The average molecular weight is 311 g/mol. The zero-order valence-corrected chi connectivity index (χ0v) is 13.1. The van der Waals surface area contributed by atoms with Crippen LogP contribution >= 0.6 is 11.8 Å². The average Bonchev–Trinajstić information content (AvgIpc) is 2.44. The Morgan fingerprint density at radius 3 is 2.81 bits per heavy atom. The van der Waals surface area contributed by atoms with Crippen LogP contribution in [0, 0.1) is 5.92 Å². The zero-order chi connectivity index (χ0) is 15.7. The Bertz CT molecular complexity index is 476. The smallest absolute Gasteiger partial charge is 0.313 e. The fourth-order valence-electron chi connectivity index (χ4n) is 1.49. The predicted molar refractivity (Wildman–Crippen MR) is 84.1 cm³/mol. The highest BCUT2D eigenvalue weighted by molar-refractivity contribution is 7.99. The molecule has 1 aromatic carbocycles. The molecule has 0 bridgehead atoms. The minimum atomic E-state index is -0.846. The van der Waals surface area contributed by atoms with E-state index < -0.39 is 5.97 Å². The molecule has 0 aromatic heterocycles. The van der Waals surface area contributed by atoms with Crippen LogP contribution in [0.15, 0.2) is 24.3 Å². The summed E-state index contributed by atoms with van der Waals surface area (Å²) in [5.41, 5.74) is 0.541. The van der Waals surface area contributed by atoms with Crippen molar-refractivity contribution in [2.45, 2.75) is 13.8 Å². The molecule has 0 radical (unpaired) electrons. The number of amides is 1. The largest absolute Gasteiger partial charge is 0.493 e. The number of benzene rings is 1. The van der Waals surface area contributed by atoms with Gasteiger partial charge in [0, 0.05) is 17.9 Å². The summed E-state index contributed by atoms with van der Waals surface area (Å²) in [5, 5.41) is 11.3. The molecule has 0 aliphatic heterocycles. The number of carbonyl (C=O) groups excluding carboxylic acids is 1. The van der Waals surface area contributed by atoms with E-state index in [1.807, 2.05) is 6.07 Å². The van der Waals surface area contributed by atoms with E-state index in [4.69, 9.17) is 9.84 Å². The van der Waals surface area contributed by atoms with E-state index in [2.05, 4.69) is 19.2 Å². The maximum atomic E-state index is 11.9. The monoisotopic (exact) mass is 311 g/mol. The van der Waals surface area contributed by atoms with Crippen molar-refractivity contribution in [2.24, 2.45) is 5.92 Å². The van der Waals surface area contributed by atoms with Gasteiger partial charge in [-0.15, -0.1) is 11.8 Å². The van der Waals surface area contributed by atoms with Crippen molar-refractivity contribution in [1.82, 2.24) is 5.32 Å². The first kappa shape index (κ1) is 17.4. The van der Waals surface area contributed by atoms with E-state index in [1.165, 1.54) is 11.8 Å². The first-order valence-electron chi connectivity index (χ1n) is 6.79. The van der Waals surface area contributed by atoms with Gasteiger partial charge in [-0.3, -0.25) is 9.59 Å². The third-order valence-electron chi connectivity index (χ3n) is 2.44. The highest BCUT2D eigenvalue weighted by atomic mass is 32.2. The number of carbonyl (C=O) groups is 2. The highest BCUT2D eigenvalue weighted by Crippen LogP contribution is 2.14.